The summed E-state index contributed by atoms with van der Waals surface area (Å²) in [5.41, 5.74) is 2.53. The molecule has 1 saturated carbocycles. The number of hydrogen-bond acceptors (Lipinski definition) is 5. The number of fused-ring (bicyclic) bond motifs is 1. The lowest BCUT2D eigenvalue weighted by atomic mass is 9.82. The second-order valence-electron chi connectivity index (χ2n) is 10.4. The fourth-order valence-electron chi connectivity index (χ4n) is 5.32. The monoisotopic (exact) mass is 556 g/mol. The molecule has 1 N–H and O–H groups in total. The van der Waals surface area contributed by atoms with Crippen molar-refractivity contribution in [3.63, 3.8) is 0 Å². The summed E-state index contributed by atoms with van der Waals surface area (Å²) >= 11 is 1.37. The number of amides is 1. The van der Waals surface area contributed by atoms with Crippen LogP contribution in [-0.4, -0.2) is 61.4 Å². The molecule has 0 unspecified atom stereocenters. The van der Waals surface area contributed by atoms with Crippen LogP contribution < -0.4 is 0 Å². The van der Waals surface area contributed by atoms with Gasteiger partial charge >= 0.3 is 5.97 Å². The van der Waals surface area contributed by atoms with Crippen molar-refractivity contribution in [1.29, 1.82) is 5.26 Å². The summed E-state index contributed by atoms with van der Waals surface area (Å²) in [4.78, 5) is 31.6. The maximum atomic E-state index is 13.9. The maximum absolute atomic E-state index is 13.9. The van der Waals surface area contributed by atoms with Gasteiger partial charge in [-0.3, -0.25) is 9.59 Å². The number of pyridine rings is 1. The van der Waals surface area contributed by atoms with Crippen LogP contribution in [0.25, 0.3) is 11.0 Å². The minimum absolute atomic E-state index is 0.0984. The Kier molecular flexibility index (Phi) is 9.50. The van der Waals surface area contributed by atoms with E-state index in [2.05, 4.69) is 22.9 Å². The number of rotatable bonds is 8. The van der Waals surface area contributed by atoms with Gasteiger partial charge < -0.3 is 14.6 Å². The second kappa shape index (κ2) is 12.8. The summed E-state index contributed by atoms with van der Waals surface area (Å²) in [6.07, 6.45) is 7.50. The van der Waals surface area contributed by atoms with E-state index >= 15 is 0 Å². The van der Waals surface area contributed by atoms with Crippen LogP contribution in [0.1, 0.15) is 79.4 Å². The molecule has 0 radical (unpaired) electrons. The van der Waals surface area contributed by atoms with Gasteiger partial charge in [-0.05, 0) is 38.2 Å². The molecule has 0 bridgehead atoms. The highest BCUT2D eigenvalue weighted by atomic mass is 32.2. The minimum atomic E-state index is -2.53. The van der Waals surface area contributed by atoms with Crippen molar-refractivity contribution in [1.82, 2.24) is 14.5 Å². The lowest BCUT2D eigenvalue weighted by molar-refractivity contribution is -0.136. The molecule has 0 aromatic carbocycles. The molecule has 1 amide bonds. The zero-order valence-electron chi connectivity index (χ0n) is 22.2. The number of aliphatic carboxylic acids is 1. The molecule has 2 aromatic rings. The fraction of sp³-hybridized carbons (Fsp3) is 0.586. The molecule has 3 heterocycles. The van der Waals surface area contributed by atoms with Crippen molar-refractivity contribution in [2.45, 2.75) is 75.4 Å². The van der Waals surface area contributed by atoms with E-state index in [1.54, 1.807) is 11.0 Å². The maximum Gasteiger partial charge on any atom is 0.316 e. The topological polar surface area (TPSA) is 99.2 Å². The average Bonchev–Trinajstić information content (AvgIpc) is 3.14. The van der Waals surface area contributed by atoms with Crippen molar-refractivity contribution in [3.05, 3.63) is 29.1 Å². The number of nitriles is 1. The Morgan fingerprint density at radius 2 is 2.00 bits per heavy atom. The first-order valence-electron chi connectivity index (χ1n) is 13.6. The summed E-state index contributed by atoms with van der Waals surface area (Å²) in [5, 5.41) is 19.0. The van der Waals surface area contributed by atoms with Crippen LogP contribution in [0, 0.1) is 29.1 Å². The molecule has 1 aliphatic heterocycles. The van der Waals surface area contributed by atoms with E-state index in [0.29, 0.717) is 66.7 Å². The standard InChI is InChI=1S/C29H34F2N4O3S/c1-34-23(10-7-5-3-2-4-6-9-20-16-29(30,31)17-20)25(22-15-21(18-32)19-33-26(22)34)27(36)35-12-8-11-24(28(37)38)39-14-13-35/h15,19-20,24H,2-5,7-8,10-14,16-17H2,1H3,(H,37,38)/t24-/m1/s1. The van der Waals surface area contributed by atoms with Crippen molar-refractivity contribution >= 4 is 34.7 Å². The Hall–Kier alpha value is -3.11. The molecule has 2 fully saturated rings. The zero-order chi connectivity index (χ0) is 28.0. The molecule has 208 valence electrons. The number of thioether (sulfide) groups is 1. The van der Waals surface area contributed by atoms with Gasteiger partial charge in [-0.2, -0.15) is 5.26 Å². The number of carboxylic acid groups (broad SMARTS) is 1. The average molecular weight is 557 g/mol. The summed E-state index contributed by atoms with van der Waals surface area (Å²) < 4.78 is 27.8. The highest BCUT2D eigenvalue weighted by Gasteiger charge is 2.44. The zero-order valence-corrected chi connectivity index (χ0v) is 23.0. The first kappa shape index (κ1) is 28.9. The third-order valence-electron chi connectivity index (χ3n) is 7.49. The van der Waals surface area contributed by atoms with E-state index in [1.165, 1.54) is 18.0 Å². The molecule has 1 aliphatic carbocycles. The molecule has 2 aromatic heterocycles. The molecule has 10 heteroatoms. The second-order valence-corrected chi connectivity index (χ2v) is 11.7. The Morgan fingerprint density at radius 1 is 1.23 bits per heavy atom. The van der Waals surface area contributed by atoms with E-state index in [4.69, 9.17) is 0 Å². The summed E-state index contributed by atoms with van der Waals surface area (Å²) in [6, 6.07) is 3.85. The molecular weight excluding hydrogens is 522 g/mol. The molecular formula is C29H34F2N4O3S. The van der Waals surface area contributed by atoms with E-state index < -0.39 is 17.1 Å². The molecule has 39 heavy (non-hydrogen) atoms. The molecule has 4 rings (SSSR count). The van der Waals surface area contributed by atoms with Gasteiger partial charge in [0, 0.05) is 68.3 Å². The molecule has 7 nitrogen and oxygen atoms in total. The van der Waals surface area contributed by atoms with Crippen LogP contribution >= 0.6 is 11.8 Å². The number of nitrogens with zero attached hydrogens (tertiary/aromatic N) is 4. The highest BCUT2D eigenvalue weighted by Crippen LogP contribution is 2.41. The van der Waals surface area contributed by atoms with Gasteiger partial charge in [0.25, 0.3) is 11.8 Å². The van der Waals surface area contributed by atoms with Crippen LogP contribution in [0.3, 0.4) is 0 Å². The third-order valence-corrected chi connectivity index (χ3v) is 8.75. The van der Waals surface area contributed by atoms with Gasteiger partial charge in [0.1, 0.15) is 17.0 Å². The Bertz CT molecular complexity index is 1310. The summed E-state index contributed by atoms with van der Waals surface area (Å²) in [6.45, 7) is 0.956. The number of aromatic nitrogens is 2. The minimum Gasteiger partial charge on any atom is -0.480 e. The summed E-state index contributed by atoms with van der Waals surface area (Å²) in [7, 11) is 1.90. The number of carbonyl (C=O) groups excluding carboxylic acids is 1. The summed E-state index contributed by atoms with van der Waals surface area (Å²) in [5.74, 6) is 2.96. The lowest BCUT2D eigenvalue weighted by Gasteiger charge is -2.31. The van der Waals surface area contributed by atoms with Crippen molar-refractivity contribution in [2.75, 3.05) is 18.8 Å². The van der Waals surface area contributed by atoms with Gasteiger partial charge in [0.15, 0.2) is 0 Å². The van der Waals surface area contributed by atoms with E-state index in [-0.39, 0.29) is 24.7 Å². The number of halogens is 2. The van der Waals surface area contributed by atoms with E-state index in [0.717, 1.165) is 31.4 Å². The number of unbranched alkanes of at least 4 members (excludes halogenated alkanes) is 4. The van der Waals surface area contributed by atoms with Gasteiger partial charge in [-0.25, -0.2) is 13.8 Å². The number of aryl methyl sites for hydroxylation is 1. The van der Waals surface area contributed by atoms with Gasteiger partial charge in [0.05, 0.1) is 11.1 Å². The van der Waals surface area contributed by atoms with Crippen LogP contribution in [0.15, 0.2) is 12.3 Å². The normalized spacial score (nSPS) is 19.3. The molecule has 1 saturated heterocycles. The number of hydrogen-bond donors (Lipinski definition) is 1. The predicted octanol–water partition coefficient (Wildman–Crippen LogP) is 5.41. The number of alkyl halides is 2. The van der Waals surface area contributed by atoms with Crippen LogP contribution in [0.2, 0.25) is 0 Å². The van der Waals surface area contributed by atoms with Gasteiger partial charge in [-0.15, -0.1) is 17.7 Å². The fourth-order valence-corrected chi connectivity index (χ4v) is 6.40. The number of carboxylic acids is 1. The predicted molar refractivity (Wildman–Crippen MR) is 147 cm³/mol. The first-order chi connectivity index (χ1) is 18.7. The SMILES string of the molecule is Cn1c(CCCCCCC#CC2CC(F)(F)C2)c(C(=O)N2CCC[C@H](C(=O)O)SCC2)c2cc(C#N)cnc21. The van der Waals surface area contributed by atoms with Crippen LogP contribution in [0.5, 0.6) is 0 Å². The molecule has 1 atom stereocenters. The largest absolute Gasteiger partial charge is 0.480 e. The quantitative estimate of drug-likeness (QED) is 0.345. The number of carbonyl (C=O) groups is 2. The third kappa shape index (κ3) is 7.10. The van der Waals surface area contributed by atoms with Crippen molar-refractivity contribution in [2.24, 2.45) is 13.0 Å². The van der Waals surface area contributed by atoms with E-state index in [1.807, 2.05) is 11.6 Å². The lowest BCUT2D eigenvalue weighted by Crippen LogP contribution is -2.37. The highest BCUT2D eigenvalue weighted by molar-refractivity contribution is 8.00. The Labute approximate surface area is 231 Å². The Morgan fingerprint density at radius 3 is 2.72 bits per heavy atom. The molecule has 0 spiro atoms. The van der Waals surface area contributed by atoms with Gasteiger partial charge in [0.2, 0.25) is 0 Å². The van der Waals surface area contributed by atoms with Crippen molar-refractivity contribution < 1.29 is 23.5 Å². The Balaban J connectivity index is 1.41. The van der Waals surface area contributed by atoms with Crippen LogP contribution in [0.4, 0.5) is 8.78 Å². The van der Waals surface area contributed by atoms with Gasteiger partial charge in [-0.1, -0.05) is 18.8 Å². The smallest absolute Gasteiger partial charge is 0.316 e. The first-order valence-corrected chi connectivity index (χ1v) is 14.6. The van der Waals surface area contributed by atoms with Crippen LogP contribution in [-0.2, 0) is 18.3 Å². The van der Waals surface area contributed by atoms with Crippen molar-refractivity contribution in [3.8, 4) is 17.9 Å². The molecule has 2 aliphatic rings. The van der Waals surface area contributed by atoms with E-state index in [9.17, 15) is 28.7 Å².